The first-order valence-electron chi connectivity index (χ1n) is 8.43. The minimum Gasteiger partial charge on any atom is -0.384 e. The van der Waals surface area contributed by atoms with Crippen molar-refractivity contribution in [1.82, 2.24) is 9.88 Å². The van der Waals surface area contributed by atoms with Crippen LogP contribution in [0.2, 0.25) is 0 Å². The van der Waals surface area contributed by atoms with Crippen molar-refractivity contribution < 1.29 is 14.0 Å². The highest BCUT2D eigenvalue weighted by atomic mass is 19.1. The summed E-state index contributed by atoms with van der Waals surface area (Å²) in [5.41, 5.74) is 5.94. The molecular weight excluding hydrogens is 339 g/mol. The van der Waals surface area contributed by atoms with Gasteiger partial charge in [0.25, 0.3) is 17.4 Å². The molecule has 0 aliphatic carbocycles. The molecule has 3 heterocycles. The van der Waals surface area contributed by atoms with Gasteiger partial charge in [-0.3, -0.25) is 24.3 Å². The van der Waals surface area contributed by atoms with Gasteiger partial charge in [-0.2, -0.15) is 0 Å². The number of anilines is 2. The van der Waals surface area contributed by atoms with Crippen molar-refractivity contribution in [3.8, 4) is 5.69 Å². The van der Waals surface area contributed by atoms with Gasteiger partial charge in [0.15, 0.2) is 0 Å². The maximum atomic E-state index is 14.7. The summed E-state index contributed by atoms with van der Waals surface area (Å²) in [6.07, 6.45) is 3.17. The van der Waals surface area contributed by atoms with E-state index in [1.807, 2.05) is 4.90 Å². The first kappa shape index (κ1) is 16.3. The minimum absolute atomic E-state index is 0.0563. The number of halogens is 1. The summed E-state index contributed by atoms with van der Waals surface area (Å²) in [5, 5.41) is 2.10. The van der Waals surface area contributed by atoms with Gasteiger partial charge in [0.1, 0.15) is 11.6 Å². The number of aromatic nitrogens is 1. The molecule has 0 atom stereocenters. The third-order valence-corrected chi connectivity index (χ3v) is 4.84. The predicted molar refractivity (Wildman–Crippen MR) is 94.3 cm³/mol. The molecule has 2 amide bonds. The predicted octanol–water partition coefficient (Wildman–Crippen LogP) is 1.43. The van der Waals surface area contributed by atoms with Crippen molar-refractivity contribution in [2.75, 3.05) is 23.7 Å². The third-order valence-electron chi connectivity index (χ3n) is 4.84. The minimum atomic E-state index is -0.665. The van der Waals surface area contributed by atoms with E-state index < -0.39 is 23.2 Å². The summed E-state index contributed by atoms with van der Waals surface area (Å²) in [5.74, 6) is -1.97. The lowest BCUT2D eigenvalue weighted by molar-refractivity contribution is 0.0880. The lowest BCUT2D eigenvalue weighted by atomic mass is 10.1. The number of nitrogen functional groups attached to an aromatic ring is 1. The Bertz CT molecular complexity index is 993. The second-order valence-corrected chi connectivity index (χ2v) is 6.46. The monoisotopic (exact) mass is 356 g/mol. The summed E-state index contributed by atoms with van der Waals surface area (Å²) >= 11 is 0. The zero-order valence-electron chi connectivity index (χ0n) is 13.9. The number of piperidine rings is 1. The molecule has 134 valence electrons. The SMILES string of the molecule is Nc1c2c(cc(=O)n1-c1ccc(N3CCCCC3)c(F)c1)C(=O)NC2=O. The fraction of sp³-hybridized carbons (Fsp3) is 0.278. The van der Waals surface area contributed by atoms with E-state index >= 15 is 0 Å². The van der Waals surface area contributed by atoms with Gasteiger partial charge in [0, 0.05) is 25.2 Å². The third kappa shape index (κ3) is 2.45. The van der Waals surface area contributed by atoms with E-state index in [0.29, 0.717) is 5.69 Å². The fourth-order valence-electron chi connectivity index (χ4n) is 3.57. The number of pyridine rings is 1. The molecule has 0 spiro atoms. The van der Waals surface area contributed by atoms with Crippen molar-refractivity contribution in [1.29, 1.82) is 0 Å². The van der Waals surface area contributed by atoms with Crippen LogP contribution in [0.1, 0.15) is 40.0 Å². The smallest absolute Gasteiger partial charge is 0.262 e. The molecule has 1 saturated heterocycles. The number of imide groups is 1. The highest BCUT2D eigenvalue weighted by molar-refractivity contribution is 6.23. The zero-order chi connectivity index (χ0) is 18.4. The summed E-state index contributed by atoms with van der Waals surface area (Å²) in [4.78, 5) is 38.0. The van der Waals surface area contributed by atoms with Crippen molar-refractivity contribution in [2.24, 2.45) is 0 Å². The topological polar surface area (TPSA) is 97.4 Å². The number of nitrogens with two attached hydrogens (primary N) is 1. The van der Waals surface area contributed by atoms with Gasteiger partial charge in [-0.1, -0.05) is 0 Å². The molecule has 1 aromatic heterocycles. The molecule has 0 unspecified atom stereocenters. The van der Waals surface area contributed by atoms with Crippen LogP contribution in [0.15, 0.2) is 29.1 Å². The molecule has 2 aliphatic rings. The van der Waals surface area contributed by atoms with Crippen LogP contribution >= 0.6 is 0 Å². The van der Waals surface area contributed by atoms with Crippen molar-refractivity contribution in [3.63, 3.8) is 0 Å². The summed E-state index contributed by atoms with van der Waals surface area (Å²) < 4.78 is 15.7. The van der Waals surface area contributed by atoms with Crippen LogP contribution < -0.4 is 21.5 Å². The van der Waals surface area contributed by atoms with Crippen LogP contribution in [0, 0.1) is 5.82 Å². The lowest BCUT2D eigenvalue weighted by Gasteiger charge is -2.29. The highest BCUT2D eigenvalue weighted by Gasteiger charge is 2.32. The largest absolute Gasteiger partial charge is 0.384 e. The molecular formula is C18H17FN4O3. The number of carbonyl (C=O) groups is 2. The van der Waals surface area contributed by atoms with Crippen molar-refractivity contribution >= 4 is 23.3 Å². The van der Waals surface area contributed by atoms with Gasteiger partial charge in [0.2, 0.25) is 0 Å². The fourth-order valence-corrected chi connectivity index (χ4v) is 3.57. The van der Waals surface area contributed by atoms with Crippen molar-refractivity contribution in [3.05, 3.63) is 51.6 Å². The van der Waals surface area contributed by atoms with Gasteiger partial charge in [-0.15, -0.1) is 0 Å². The van der Waals surface area contributed by atoms with Gasteiger partial charge in [-0.05, 0) is 31.4 Å². The Morgan fingerprint density at radius 3 is 2.42 bits per heavy atom. The van der Waals surface area contributed by atoms with E-state index in [-0.39, 0.29) is 22.6 Å². The average molecular weight is 356 g/mol. The van der Waals surface area contributed by atoms with E-state index in [9.17, 15) is 18.8 Å². The van der Waals surface area contributed by atoms with E-state index in [1.54, 1.807) is 12.1 Å². The normalized spacial score (nSPS) is 16.6. The number of fused-ring (bicyclic) bond motifs is 1. The molecule has 26 heavy (non-hydrogen) atoms. The van der Waals surface area contributed by atoms with Crippen LogP contribution in [0.5, 0.6) is 0 Å². The highest BCUT2D eigenvalue weighted by Crippen LogP contribution is 2.27. The molecule has 8 heteroatoms. The average Bonchev–Trinajstić information content (AvgIpc) is 2.89. The summed E-state index contributed by atoms with van der Waals surface area (Å²) in [7, 11) is 0. The van der Waals surface area contributed by atoms with E-state index in [0.717, 1.165) is 43.0 Å². The molecule has 1 aromatic carbocycles. The number of amides is 2. The first-order valence-corrected chi connectivity index (χ1v) is 8.43. The number of nitrogens with zero attached hydrogens (tertiary/aromatic N) is 2. The number of benzene rings is 1. The number of hydrogen-bond acceptors (Lipinski definition) is 5. The number of carbonyl (C=O) groups excluding carboxylic acids is 2. The lowest BCUT2D eigenvalue weighted by Crippen LogP contribution is -2.30. The van der Waals surface area contributed by atoms with Crippen LogP contribution in [0.25, 0.3) is 5.69 Å². The Morgan fingerprint density at radius 2 is 1.73 bits per heavy atom. The molecule has 4 rings (SSSR count). The molecule has 2 aromatic rings. The number of nitrogens with one attached hydrogen (secondary N) is 1. The molecule has 7 nitrogen and oxygen atoms in total. The standard InChI is InChI=1S/C18H17FN4O3/c19-12-8-10(4-5-13(12)22-6-2-1-3-7-22)23-14(24)9-11-15(16(23)20)18(26)21-17(11)25/h4-5,8-9H,1-3,6-7,20H2,(H,21,25,26). The molecule has 3 N–H and O–H groups in total. The van der Waals surface area contributed by atoms with Crippen LogP contribution in [0.3, 0.4) is 0 Å². The second kappa shape index (κ2) is 5.98. The molecule has 0 bridgehead atoms. The Hall–Kier alpha value is -3.16. The molecule has 0 saturated carbocycles. The van der Waals surface area contributed by atoms with Crippen molar-refractivity contribution in [2.45, 2.75) is 19.3 Å². The number of rotatable bonds is 2. The van der Waals surface area contributed by atoms with Gasteiger partial charge in [-0.25, -0.2) is 4.39 Å². The molecule has 0 radical (unpaired) electrons. The van der Waals surface area contributed by atoms with Crippen LogP contribution in [0.4, 0.5) is 15.9 Å². The first-order chi connectivity index (χ1) is 12.5. The van der Waals surface area contributed by atoms with Gasteiger partial charge >= 0.3 is 0 Å². The maximum absolute atomic E-state index is 14.7. The Balaban J connectivity index is 1.80. The Labute approximate surface area is 148 Å². The van der Waals surface area contributed by atoms with Gasteiger partial charge < -0.3 is 10.6 Å². The summed E-state index contributed by atoms with van der Waals surface area (Å²) in [6, 6.07) is 5.47. The van der Waals surface area contributed by atoms with Crippen LogP contribution in [-0.2, 0) is 0 Å². The second-order valence-electron chi connectivity index (χ2n) is 6.46. The zero-order valence-corrected chi connectivity index (χ0v) is 13.9. The van der Waals surface area contributed by atoms with E-state index in [2.05, 4.69) is 5.32 Å². The van der Waals surface area contributed by atoms with Gasteiger partial charge in [0.05, 0.1) is 22.5 Å². The quantitative estimate of drug-likeness (QED) is 0.794. The van der Waals surface area contributed by atoms with Crippen LogP contribution in [-0.4, -0.2) is 29.5 Å². The molecule has 2 aliphatic heterocycles. The van der Waals surface area contributed by atoms with E-state index in [1.165, 1.54) is 6.07 Å². The number of hydrogen-bond donors (Lipinski definition) is 2. The van der Waals surface area contributed by atoms with E-state index in [4.69, 9.17) is 5.73 Å². The molecule has 1 fully saturated rings. The Kier molecular flexibility index (Phi) is 3.75. The maximum Gasteiger partial charge on any atom is 0.262 e. The summed E-state index contributed by atoms with van der Waals surface area (Å²) in [6.45, 7) is 1.58. The Morgan fingerprint density at radius 1 is 1.00 bits per heavy atom.